The van der Waals surface area contributed by atoms with Gasteiger partial charge in [-0.15, -0.1) is 0 Å². The normalized spacial score (nSPS) is 10.3. The Balaban J connectivity index is 1.78. The van der Waals surface area contributed by atoms with Gasteiger partial charge < -0.3 is 14.6 Å². The van der Waals surface area contributed by atoms with Crippen LogP contribution < -0.4 is 5.32 Å². The van der Waals surface area contributed by atoms with E-state index in [2.05, 4.69) is 10.3 Å². The number of nitrogens with zero attached hydrogens (tertiary/aromatic N) is 2. The first-order valence-electron chi connectivity index (χ1n) is 7.27. The Morgan fingerprint density at radius 1 is 1.30 bits per heavy atom. The molecule has 1 aromatic carbocycles. The van der Waals surface area contributed by atoms with Crippen LogP contribution in [0.3, 0.4) is 0 Å². The topological polar surface area (TPSA) is 73.2 Å². The van der Waals surface area contributed by atoms with Crippen LogP contribution in [0.4, 0.5) is 5.69 Å². The number of amides is 1. The van der Waals surface area contributed by atoms with Crippen LogP contribution >= 0.6 is 11.8 Å². The van der Waals surface area contributed by atoms with E-state index < -0.39 is 0 Å². The number of anilines is 1. The molecule has 1 aromatic heterocycles. The molecule has 0 saturated carbocycles. The van der Waals surface area contributed by atoms with Gasteiger partial charge in [-0.25, -0.2) is 9.78 Å². The van der Waals surface area contributed by atoms with Crippen LogP contribution in [-0.2, 0) is 16.6 Å². The lowest BCUT2D eigenvalue weighted by Gasteiger charge is -2.06. The van der Waals surface area contributed by atoms with Crippen molar-refractivity contribution >= 4 is 29.3 Å². The van der Waals surface area contributed by atoms with Gasteiger partial charge in [-0.2, -0.15) is 0 Å². The van der Waals surface area contributed by atoms with Gasteiger partial charge >= 0.3 is 5.97 Å². The first kappa shape index (κ1) is 17.1. The number of nitrogens with one attached hydrogen (secondary N) is 1. The van der Waals surface area contributed by atoms with E-state index in [1.165, 1.54) is 11.8 Å². The highest BCUT2D eigenvalue weighted by atomic mass is 32.2. The summed E-state index contributed by atoms with van der Waals surface area (Å²) in [5.41, 5.74) is 1.13. The van der Waals surface area contributed by atoms with E-state index >= 15 is 0 Å². The Labute approximate surface area is 139 Å². The quantitative estimate of drug-likeness (QED) is 0.623. The number of esters is 1. The maximum Gasteiger partial charge on any atom is 0.338 e. The van der Waals surface area contributed by atoms with Crippen LogP contribution in [-0.4, -0.2) is 33.8 Å². The maximum atomic E-state index is 11.9. The number of aryl methyl sites for hydroxylation is 1. The van der Waals surface area contributed by atoms with Crippen LogP contribution in [0, 0.1) is 0 Å². The van der Waals surface area contributed by atoms with Crippen molar-refractivity contribution in [2.75, 3.05) is 17.7 Å². The van der Waals surface area contributed by atoms with Crippen molar-refractivity contribution in [2.45, 2.75) is 18.5 Å². The number of rotatable bonds is 7. The average molecular weight is 333 g/mol. The summed E-state index contributed by atoms with van der Waals surface area (Å²) in [6.45, 7) is 2.10. The van der Waals surface area contributed by atoms with Crippen molar-refractivity contribution in [1.82, 2.24) is 9.55 Å². The average Bonchev–Trinajstić information content (AvgIpc) is 2.93. The molecule has 0 radical (unpaired) electrons. The van der Waals surface area contributed by atoms with Crippen molar-refractivity contribution in [1.29, 1.82) is 0 Å². The highest BCUT2D eigenvalue weighted by molar-refractivity contribution is 7.99. The van der Waals surface area contributed by atoms with Crippen molar-refractivity contribution in [3.05, 3.63) is 42.2 Å². The molecule has 1 amide bonds. The number of benzene rings is 1. The molecule has 122 valence electrons. The number of aromatic nitrogens is 2. The third-order valence-corrected chi connectivity index (χ3v) is 4.08. The molecule has 0 saturated heterocycles. The van der Waals surface area contributed by atoms with Gasteiger partial charge in [0.05, 0.1) is 12.2 Å². The Hall–Kier alpha value is -2.28. The highest BCUT2D eigenvalue weighted by Crippen LogP contribution is 2.16. The summed E-state index contributed by atoms with van der Waals surface area (Å²) in [4.78, 5) is 27.6. The Morgan fingerprint density at radius 2 is 2.04 bits per heavy atom. The van der Waals surface area contributed by atoms with E-state index in [0.29, 0.717) is 30.0 Å². The Bertz CT molecular complexity index is 667. The third-order valence-electron chi connectivity index (χ3n) is 3.02. The van der Waals surface area contributed by atoms with E-state index in [0.717, 1.165) is 5.16 Å². The largest absolute Gasteiger partial charge is 0.462 e. The van der Waals surface area contributed by atoms with E-state index in [9.17, 15) is 9.59 Å². The summed E-state index contributed by atoms with van der Waals surface area (Å²) in [5, 5.41) is 3.69. The second-order valence-electron chi connectivity index (χ2n) is 4.77. The van der Waals surface area contributed by atoms with Gasteiger partial charge in [-0.1, -0.05) is 11.8 Å². The molecular weight excluding hydrogens is 314 g/mol. The molecular formula is C16H19N3O3S. The molecule has 2 aromatic rings. The predicted molar refractivity (Wildman–Crippen MR) is 89.6 cm³/mol. The van der Waals surface area contributed by atoms with Gasteiger partial charge in [0.2, 0.25) is 5.91 Å². The molecule has 6 nitrogen and oxygen atoms in total. The van der Waals surface area contributed by atoms with Crippen molar-refractivity contribution in [2.24, 2.45) is 7.05 Å². The summed E-state index contributed by atoms with van der Waals surface area (Å²) in [6, 6.07) is 6.65. The first-order valence-corrected chi connectivity index (χ1v) is 8.26. The standard InChI is InChI=1S/C16H19N3O3S/c1-3-22-15(21)12-4-6-13(7-5-12)18-14(20)8-11-23-16-17-9-10-19(16)2/h4-7,9-10H,3,8,11H2,1-2H3,(H,18,20). The molecule has 0 aliphatic rings. The molecule has 0 bridgehead atoms. The number of thioether (sulfide) groups is 1. The monoisotopic (exact) mass is 333 g/mol. The number of hydrogen-bond donors (Lipinski definition) is 1. The molecule has 0 fully saturated rings. The molecule has 2 rings (SSSR count). The zero-order valence-corrected chi connectivity index (χ0v) is 13.9. The van der Waals surface area contributed by atoms with Crippen molar-refractivity contribution < 1.29 is 14.3 Å². The van der Waals surface area contributed by atoms with Gasteiger partial charge in [0, 0.05) is 37.3 Å². The van der Waals surface area contributed by atoms with E-state index in [1.807, 2.05) is 17.8 Å². The zero-order chi connectivity index (χ0) is 16.7. The van der Waals surface area contributed by atoms with Crippen LogP contribution in [0.25, 0.3) is 0 Å². The Kier molecular flexibility index (Phi) is 6.22. The van der Waals surface area contributed by atoms with Crippen molar-refractivity contribution in [3.63, 3.8) is 0 Å². The smallest absolute Gasteiger partial charge is 0.338 e. The minimum atomic E-state index is -0.364. The molecule has 0 atom stereocenters. The number of imidazole rings is 1. The molecule has 23 heavy (non-hydrogen) atoms. The van der Waals surface area contributed by atoms with Gasteiger partial charge in [0.1, 0.15) is 0 Å². The van der Waals surface area contributed by atoms with Gasteiger partial charge in [0.15, 0.2) is 5.16 Å². The van der Waals surface area contributed by atoms with E-state index in [4.69, 9.17) is 4.74 Å². The summed E-state index contributed by atoms with van der Waals surface area (Å²) in [7, 11) is 1.92. The van der Waals surface area contributed by atoms with Crippen LogP contribution in [0.1, 0.15) is 23.7 Å². The fourth-order valence-corrected chi connectivity index (χ4v) is 2.72. The number of ether oxygens (including phenoxy) is 1. The summed E-state index contributed by atoms with van der Waals surface area (Å²) in [5.74, 6) is 0.213. The van der Waals surface area contributed by atoms with Crippen LogP contribution in [0.15, 0.2) is 41.8 Å². The minimum Gasteiger partial charge on any atom is -0.462 e. The first-order chi connectivity index (χ1) is 11.1. The fraction of sp³-hybridized carbons (Fsp3) is 0.312. The highest BCUT2D eigenvalue weighted by Gasteiger charge is 2.08. The summed E-state index contributed by atoms with van der Waals surface area (Å²) < 4.78 is 6.82. The second-order valence-corrected chi connectivity index (χ2v) is 5.83. The SMILES string of the molecule is CCOC(=O)c1ccc(NC(=O)CCSc2nccn2C)cc1. The molecule has 1 N–H and O–H groups in total. The predicted octanol–water partition coefficient (Wildman–Crippen LogP) is 2.72. The fourth-order valence-electron chi connectivity index (χ4n) is 1.85. The molecule has 0 unspecified atom stereocenters. The molecule has 0 spiro atoms. The van der Waals surface area contributed by atoms with Crippen LogP contribution in [0.2, 0.25) is 0 Å². The number of hydrogen-bond acceptors (Lipinski definition) is 5. The van der Waals surface area contributed by atoms with Gasteiger partial charge in [-0.3, -0.25) is 4.79 Å². The van der Waals surface area contributed by atoms with Crippen molar-refractivity contribution in [3.8, 4) is 0 Å². The third kappa shape index (κ3) is 5.14. The minimum absolute atomic E-state index is 0.0735. The lowest BCUT2D eigenvalue weighted by molar-refractivity contribution is -0.115. The van der Waals surface area contributed by atoms with E-state index in [1.54, 1.807) is 37.4 Å². The lowest BCUT2D eigenvalue weighted by Crippen LogP contribution is -2.12. The Morgan fingerprint density at radius 3 is 2.65 bits per heavy atom. The molecule has 0 aliphatic carbocycles. The molecule has 1 heterocycles. The number of carbonyl (C=O) groups is 2. The molecule has 7 heteroatoms. The lowest BCUT2D eigenvalue weighted by atomic mass is 10.2. The maximum absolute atomic E-state index is 11.9. The summed E-state index contributed by atoms with van der Waals surface area (Å²) >= 11 is 1.53. The second kappa shape index (κ2) is 8.38. The summed E-state index contributed by atoms with van der Waals surface area (Å²) in [6.07, 6.45) is 3.98. The van der Waals surface area contributed by atoms with Gasteiger partial charge in [-0.05, 0) is 31.2 Å². The van der Waals surface area contributed by atoms with E-state index in [-0.39, 0.29) is 11.9 Å². The van der Waals surface area contributed by atoms with Crippen LogP contribution in [0.5, 0.6) is 0 Å². The molecule has 0 aliphatic heterocycles. The van der Waals surface area contributed by atoms with Gasteiger partial charge in [0.25, 0.3) is 0 Å². The number of carbonyl (C=O) groups excluding carboxylic acids is 2. The zero-order valence-electron chi connectivity index (χ0n) is 13.1.